The van der Waals surface area contributed by atoms with Crippen molar-refractivity contribution in [3.8, 4) is 0 Å². The summed E-state index contributed by atoms with van der Waals surface area (Å²) >= 11 is 0. The molecule has 2 N–H and O–H groups in total. The number of rotatable bonds is 4. The van der Waals surface area contributed by atoms with Crippen LogP contribution in [-0.2, 0) is 11.3 Å². The second kappa shape index (κ2) is 6.66. The van der Waals surface area contributed by atoms with Gasteiger partial charge in [-0.15, -0.1) is 0 Å². The lowest BCUT2D eigenvalue weighted by molar-refractivity contribution is 0.0999. The smallest absolute Gasteiger partial charge is 0.315 e. The van der Waals surface area contributed by atoms with Crippen LogP contribution in [0.5, 0.6) is 0 Å². The van der Waals surface area contributed by atoms with Crippen molar-refractivity contribution in [2.24, 2.45) is 0 Å². The van der Waals surface area contributed by atoms with Gasteiger partial charge in [-0.1, -0.05) is 30.3 Å². The highest BCUT2D eigenvalue weighted by atomic mass is 16.5. The third kappa shape index (κ3) is 3.31. The molecule has 1 aliphatic heterocycles. The van der Waals surface area contributed by atoms with Crippen molar-refractivity contribution in [1.29, 1.82) is 0 Å². The zero-order valence-corrected chi connectivity index (χ0v) is 12.5. The molecular weight excluding hydrogens is 280 g/mol. The Morgan fingerprint density at radius 3 is 2.82 bits per heavy atom. The van der Waals surface area contributed by atoms with Crippen molar-refractivity contribution in [2.45, 2.75) is 32.0 Å². The van der Waals surface area contributed by atoms with E-state index in [1.54, 1.807) is 6.26 Å². The van der Waals surface area contributed by atoms with Gasteiger partial charge in [-0.2, -0.15) is 0 Å². The molecule has 2 aromatic rings. The number of benzene rings is 1. The van der Waals surface area contributed by atoms with E-state index in [1.165, 1.54) is 0 Å². The monoisotopic (exact) mass is 300 g/mol. The quantitative estimate of drug-likeness (QED) is 0.912. The average molecular weight is 300 g/mol. The zero-order chi connectivity index (χ0) is 15.4. The van der Waals surface area contributed by atoms with Gasteiger partial charge in [0.15, 0.2) is 0 Å². The SMILES string of the molecule is Cc1occc1CNC(=O)NC1CCOC1c1ccccc1. The van der Waals surface area contributed by atoms with Crippen molar-refractivity contribution in [1.82, 2.24) is 10.6 Å². The first-order valence-corrected chi connectivity index (χ1v) is 7.48. The van der Waals surface area contributed by atoms with Gasteiger partial charge in [-0.3, -0.25) is 0 Å². The van der Waals surface area contributed by atoms with Crippen molar-refractivity contribution in [3.05, 3.63) is 59.5 Å². The molecule has 0 bridgehead atoms. The largest absolute Gasteiger partial charge is 0.469 e. The second-order valence-electron chi connectivity index (χ2n) is 5.43. The summed E-state index contributed by atoms with van der Waals surface area (Å²) in [7, 11) is 0. The summed E-state index contributed by atoms with van der Waals surface area (Å²) in [6, 6.07) is 11.7. The van der Waals surface area contributed by atoms with Crippen LogP contribution in [0.25, 0.3) is 0 Å². The molecule has 22 heavy (non-hydrogen) atoms. The molecule has 0 aliphatic carbocycles. The summed E-state index contributed by atoms with van der Waals surface area (Å²) in [6.45, 7) is 2.99. The van der Waals surface area contributed by atoms with E-state index in [9.17, 15) is 4.79 Å². The number of nitrogens with one attached hydrogen (secondary N) is 2. The maximum atomic E-state index is 12.1. The minimum atomic E-state index is -0.183. The highest BCUT2D eigenvalue weighted by Crippen LogP contribution is 2.28. The Kier molecular flexibility index (Phi) is 4.44. The highest BCUT2D eigenvalue weighted by molar-refractivity contribution is 5.74. The molecule has 1 aromatic heterocycles. The minimum absolute atomic E-state index is 0.00662. The van der Waals surface area contributed by atoms with Crippen LogP contribution in [0, 0.1) is 6.92 Å². The van der Waals surface area contributed by atoms with Crippen molar-refractivity contribution in [3.63, 3.8) is 0 Å². The number of hydrogen-bond acceptors (Lipinski definition) is 3. The second-order valence-corrected chi connectivity index (χ2v) is 5.43. The molecule has 116 valence electrons. The molecule has 5 heteroatoms. The molecule has 0 spiro atoms. The molecule has 5 nitrogen and oxygen atoms in total. The van der Waals surface area contributed by atoms with Gasteiger partial charge >= 0.3 is 6.03 Å². The molecule has 2 heterocycles. The Labute approximate surface area is 129 Å². The zero-order valence-electron chi connectivity index (χ0n) is 12.5. The summed E-state index contributed by atoms with van der Waals surface area (Å²) in [5.74, 6) is 0.826. The van der Waals surface area contributed by atoms with Gasteiger partial charge in [0.1, 0.15) is 11.9 Å². The normalized spacial score (nSPS) is 20.8. The Bertz CT molecular complexity index is 624. The summed E-state index contributed by atoms with van der Waals surface area (Å²) in [5, 5.41) is 5.86. The highest BCUT2D eigenvalue weighted by Gasteiger charge is 2.30. The number of carbonyl (C=O) groups is 1. The van der Waals surface area contributed by atoms with E-state index < -0.39 is 0 Å². The summed E-state index contributed by atoms with van der Waals surface area (Å²) < 4.78 is 11.0. The van der Waals surface area contributed by atoms with Crippen LogP contribution in [0.4, 0.5) is 4.79 Å². The predicted octanol–water partition coefficient (Wildman–Crippen LogP) is 2.92. The Morgan fingerprint density at radius 2 is 2.09 bits per heavy atom. The van der Waals surface area contributed by atoms with Crippen LogP contribution >= 0.6 is 0 Å². The van der Waals surface area contributed by atoms with Crippen LogP contribution in [0.1, 0.15) is 29.4 Å². The minimum Gasteiger partial charge on any atom is -0.469 e. The molecule has 1 saturated heterocycles. The number of ether oxygens (including phenoxy) is 1. The molecule has 1 aliphatic rings. The fourth-order valence-corrected chi connectivity index (χ4v) is 2.70. The van der Waals surface area contributed by atoms with Gasteiger partial charge in [-0.05, 0) is 25.0 Å². The maximum Gasteiger partial charge on any atom is 0.315 e. The van der Waals surface area contributed by atoms with Gasteiger partial charge < -0.3 is 19.8 Å². The summed E-state index contributed by atoms with van der Waals surface area (Å²) in [4.78, 5) is 12.1. The van der Waals surface area contributed by atoms with Crippen molar-refractivity contribution >= 4 is 6.03 Å². The lowest BCUT2D eigenvalue weighted by Gasteiger charge is -2.20. The van der Waals surface area contributed by atoms with Gasteiger partial charge in [0.05, 0.1) is 12.3 Å². The molecule has 1 fully saturated rings. The first-order valence-electron chi connectivity index (χ1n) is 7.48. The lowest BCUT2D eigenvalue weighted by Crippen LogP contribution is -2.43. The molecule has 0 radical (unpaired) electrons. The first-order chi connectivity index (χ1) is 10.7. The molecular formula is C17H20N2O3. The number of urea groups is 1. The van der Waals surface area contributed by atoms with E-state index in [2.05, 4.69) is 10.6 Å². The van der Waals surface area contributed by atoms with Crippen LogP contribution in [0.15, 0.2) is 47.1 Å². The number of hydrogen-bond donors (Lipinski definition) is 2. The fourth-order valence-electron chi connectivity index (χ4n) is 2.70. The Balaban J connectivity index is 1.55. The van der Waals surface area contributed by atoms with Gasteiger partial charge in [0.2, 0.25) is 0 Å². The predicted molar refractivity (Wildman–Crippen MR) is 82.4 cm³/mol. The number of amides is 2. The summed E-state index contributed by atoms with van der Waals surface area (Å²) in [6.07, 6.45) is 2.36. The number of aryl methyl sites for hydroxylation is 1. The van der Waals surface area contributed by atoms with Crippen molar-refractivity contribution in [2.75, 3.05) is 6.61 Å². The van der Waals surface area contributed by atoms with Crippen LogP contribution in [0.2, 0.25) is 0 Å². The Hall–Kier alpha value is -2.27. The van der Waals surface area contributed by atoms with E-state index in [0.29, 0.717) is 13.2 Å². The third-order valence-corrected chi connectivity index (χ3v) is 3.94. The van der Waals surface area contributed by atoms with E-state index in [1.807, 2.05) is 43.3 Å². The topological polar surface area (TPSA) is 63.5 Å². The van der Waals surface area contributed by atoms with E-state index in [4.69, 9.17) is 9.15 Å². The molecule has 2 amide bonds. The van der Waals surface area contributed by atoms with Gasteiger partial charge in [0.25, 0.3) is 0 Å². The van der Waals surface area contributed by atoms with Crippen LogP contribution in [0.3, 0.4) is 0 Å². The summed E-state index contributed by atoms with van der Waals surface area (Å²) in [5.41, 5.74) is 2.08. The van der Waals surface area contributed by atoms with Gasteiger partial charge in [-0.25, -0.2) is 4.79 Å². The van der Waals surface area contributed by atoms with E-state index >= 15 is 0 Å². The first kappa shape index (κ1) is 14.7. The van der Waals surface area contributed by atoms with Crippen LogP contribution in [-0.4, -0.2) is 18.7 Å². The molecule has 1 aromatic carbocycles. The maximum absolute atomic E-state index is 12.1. The van der Waals surface area contributed by atoms with Crippen molar-refractivity contribution < 1.29 is 13.9 Å². The average Bonchev–Trinajstić information content (AvgIpc) is 3.15. The fraction of sp³-hybridized carbons (Fsp3) is 0.353. The van der Waals surface area contributed by atoms with E-state index in [-0.39, 0.29) is 18.2 Å². The standard InChI is InChI=1S/C17H20N2O3/c1-12-14(7-9-21-12)11-18-17(20)19-15-8-10-22-16(15)13-5-3-2-4-6-13/h2-7,9,15-16H,8,10-11H2,1H3,(H2,18,19,20). The number of furan rings is 1. The molecule has 0 saturated carbocycles. The molecule has 2 atom stereocenters. The Morgan fingerprint density at radius 1 is 1.27 bits per heavy atom. The third-order valence-electron chi connectivity index (χ3n) is 3.94. The van der Waals surface area contributed by atoms with Crippen LogP contribution < -0.4 is 10.6 Å². The number of carbonyl (C=O) groups excluding carboxylic acids is 1. The van der Waals surface area contributed by atoms with E-state index in [0.717, 1.165) is 23.3 Å². The molecule has 3 rings (SSSR count). The lowest BCUT2D eigenvalue weighted by atomic mass is 10.0. The molecule has 2 unspecified atom stereocenters. The van der Waals surface area contributed by atoms with Gasteiger partial charge in [0, 0.05) is 18.7 Å².